The Balaban J connectivity index is 1.73. The Kier molecular flexibility index (Phi) is 18.1. The summed E-state index contributed by atoms with van der Waals surface area (Å²) in [5.41, 5.74) is 3.67. The summed E-state index contributed by atoms with van der Waals surface area (Å²) in [4.78, 5) is 0. The van der Waals surface area contributed by atoms with Crippen LogP contribution < -0.4 is 9.47 Å². The molecule has 2 heteroatoms. The van der Waals surface area contributed by atoms with Crippen LogP contribution in [0.5, 0.6) is 11.5 Å². The molecule has 0 saturated carbocycles. The average Bonchev–Trinajstić information content (AvgIpc) is 3.06. The Morgan fingerprint density at radius 3 is 1.11 bits per heavy atom. The van der Waals surface area contributed by atoms with Crippen LogP contribution in [0.3, 0.4) is 0 Å². The second-order valence-corrected chi connectivity index (χ2v) is 11.7. The second kappa shape index (κ2) is 22.9. The molecule has 0 N–H and O–H groups in total. The summed E-state index contributed by atoms with van der Waals surface area (Å²) in [6.07, 6.45) is 20.3. The van der Waals surface area contributed by atoms with E-state index < -0.39 is 0 Å². The molecule has 0 aliphatic heterocycles. The lowest BCUT2D eigenvalue weighted by atomic mass is 10.1. The van der Waals surface area contributed by atoms with E-state index in [2.05, 4.69) is 37.5 Å². The lowest BCUT2D eigenvalue weighted by Crippen LogP contribution is -2.03. The fourth-order valence-electron chi connectivity index (χ4n) is 5.15. The number of benzene rings is 3. The van der Waals surface area contributed by atoms with Gasteiger partial charge in [-0.25, -0.2) is 0 Å². The van der Waals surface area contributed by atoms with Crippen molar-refractivity contribution in [1.29, 1.82) is 0 Å². The van der Waals surface area contributed by atoms with Gasteiger partial charge in [0.05, 0.1) is 24.3 Å². The highest BCUT2D eigenvalue weighted by atomic mass is 16.5. The smallest absolute Gasteiger partial charge is 0.136 e. The molecule has 0 fully saturated rings. The monoisotopic (exact) mass is 590 g/mol. The highest BCUT2D eigenvalue weighted by molar-refractivity contribution is 5.60. The Labute approximate surface area is 269 Å². The average molecular weight is 591 g/mol. The molecule has 0 spiro atoms. The quantitative estimate of drug-likeness (QED) is 0.0962. The van der Waals surface area contributed by atoms with Gasteiger partial charge in [0.15, 0.2) is 0 Å². The maximum atomic E-state index is 6.39. The standard InChI is InChI=1S/C42H54O2/c1-3-5-7-9-11-13-15-23-33-43-41-35-40(32-30-38-27-21-18-22-28-38)42(44-34-24-16-14-12-10-8-6-4-2)36-39(41)31-29-37-25-19-17-20-26-37/h17-22,25-28,35-36H,3-16,23-24,33-34H2,1-2H3. The van der Waals surface area contributed by atoms with Crippen molar-refractivity contribution >= 4 is 0 Å². The van der Waals surface area contributed by atoms with Crippen molar-refractivity contribution in [1.82, 2.24) is 0 Å². The molecule has 0 saturated heterocycles. The number of hydrogen-bond donors (Lipinski definition) is 0. The fraction of sp³-hybridized carbons (Fsp3) is 0.476. The molecule has 234 valence electrons. The van der Waals surface area contributed by atoms with E-state index in [-0.39, 0.29) is 0 Å². The third kappa shape index (κ3) is 14.7. The van der Waals surface area contributed by atoms with Crippen LogP contribution in [0.2, 0.25) is 0 Å². The van der Waals surface area contributed by atoms with Crippen molar-refractivity contribution in [3.63, 3.8) is 0 Å². The predicted octanol–water partition coefficient (Wildman–Crippen LogP) is 11.5. The maximum absolute atomic E-state index is 6.39. The molecule has 0 heterocycles. The molecule has 3 aromatic rings. The third-order valence-corrected chi connectivity index (χ3v) is 7.82. The van der Waals surface area contributed by atoms with Crippen LogP contribution in [-0.2, 0) is 0 Å². The van der Waals surface area contributed by atoms with Crippen molar-refractivity contribution in [2.75, 3.05) is 13.2 Å². The molecule has 0 radical (unpaired) electrons. The van der Waals surface area contributed by atoms with Crippen LogP contribution in [0.25, 0.3) is 0 Å². The van der Waals surface area contributed by atoms with Crippen LogP contribution in [0.1, 0.15) is 139 Å². The largest absolute Gasteiger partial charge is 0.492 e. The van der Waals surface area contributed by atoms with Crippen LogP contribution >= 0.6 is 0 Å². The van der Waals surface area contributed by atoms with Gasteiger partial charge in [0, 0.05) is 23.3 Å². The number of ether oxygens (including phenoxy) is 2. The Morgan fingerprint density at radius 1 is 0.409 bits per heavy atom. The summed E-state index contributed by atoms with van der Waals surface area (Å²) in [7, 11) is 0. The van der Waals surface area contributed by atoms with Gasteiger partial charge in [-0.15, -0.1) is 0 Å². The van der Waals surface area contributed by atoms with E-state index in [1.807, 2.05) is 72.8 Å². The number of rotatable bonds is 20. The van der Waals surface area contributed by atoms with Gasteiger partial charge in [-0.3, -0.25) is 0 Å². The number of unbranched alkanes of at least 4 members (excludes halogenated alkanes) is 14. The molecule has 3 aromatic carbocycles. The molecule has 0 bridgehead atoms. The van der Waals surface area contributed by atoms with E-state index in [0.717, 1.165) is 46.6 Å². The molecule has 0 aliphatic carbocycles. The molecule has 0 amide bonds. The van der Waals surface area contributed by atoms with Gasteiger partial charge in [0.1, 0.15) is 11.5 Å². The lowest BCUT2D eigenvalue weighted by Gasteiger charge is -2.14. The molecule has 44 heavy (non-hydrogen) atoms. The summed E-state index contributed by atoms with van der Waals surface area (Å²) in [6.45, 7) is 5.90. The van der Waals surface area contributed by atoms with Crippen molar-refractivity contribution in [3.05, 3.63) is 95.1 Å². The zero-order valence-electron chi connectivity index (χ0n) is 27.5. The van der Waals surface area contributed by atoms with Crippen molar-refractivity contribution in [2.45, 2.75) is 117 Å². The van der Waals surface area contributed by atoms with E-state index in [1.165, 1.54) is 89.9 Å². The molecular weight excluding hydrogens is 536 g/mol. The van der Waals surface area contributed by atoms with E-state index in [4.69, 9.17) is 9.47 Å². The first kappa shape index (κ1) is 34.9. The Bertz CT molecular complexity index is 1180. The highest BCUT2D eigenvalue weighted by Crippen LogP contribution is 2.29. The summed E-state index contributed by atoms with van der Waals surface area (Å²) in [6, 6.07) is 24.3. The third-order valence-electron chi connectivity index (χ3n) is 7.82. The second-order valence-electron chi connectivity index (χ2n) is 11.7. The van der Waals surface area contributed by atoms with Crippen molar-refractivity contribution in [2.24, 2.45) is 0 Å². The molecule has 3 rings (SSSR count). The van der Waals surface area contributed by atoms with E-state index in [1.54, 1.807) is 0 Å². The summed E-state index contributed by atoms with van der Waals surface area (Å²) >= 11 is 0. The SMILES string of the molecule is CCCCCCCCCCOc1cc(C#Cc2ccccc2)c(OCCCCCCCCCC)cc1C#Cc1ccccc1. The van der Waals surface area contributed by atoms with Crippen molar-refractivity contribution < 1.29 is 9.47 Å². The minimum atomic E-state index is 0.680. The zero-order valence-corrected chi connectivity index (χ0v) is 27.5. The molecular formula is C42H54O2. The van der Waals surface area contributed by atoms with Crippen LogP contribution in [0.4, 0.5) is 0 Å². The molecule has 0 aliphatic rings. The minimum Gasteiger partial charge on any atom is -0.492 e. The van der Waals surface area contributed by atoms with E-state index >= 15 is 0 Å². The first-order chi connectivity index (χ1) is 21.8. The van der Waals surface area contributed by atoms with Gasteiger partial charge < -0.3 is 9.47 Å². The molecule has 2 nitrogen and oxygen atoms in total. The van der Waals surface area contributed by atoms with Crippen LogP contribution in [-0.4, -0.2) is 13.2 Å². The van der Waals surface area contributed by atoms with E-state index in [0.29, 0.717) is 13.2 Å². The van der Waals surface area contributed by atoms with Crippen LogP contribution in [0.15, 0.2) is 72.8 Å². The number of hydrogen-bond acceptors (Lipinski definition) is 2. The summed E-state index contributed by atoms with van der Waals surface area (Å²) in [5.74, 6) is 15.0. The van der Waals surface area contributed by atoms with Gasteiger partial charge in [-0.2, -0.15) is 0 Å². The first-order valence-electron chi connectivity index (χ1n) is 17.4. The fourth-order valence-corrected chi connectivity index (χ4v) is 5.15. The molecule has 0 atom stereocenters. The Hall–Kier alpha value is -3.62. The predicted molar refractivity (Wildman–Crippen MR) is 187 cm³/mol. The normalized spacial score (nSPS) is 10.4. The molecule has 0 unspecified atom stereocenters. The highest BCUT2D eigenvalue weighted by Gasteiger charge is 2.11. The maximum Gasteiger partial charge on any atom is 0.136 e. The lowest BCUT2D eigenvalue weighted by molar-refractivity contribution is 0.295. The van der Waals surface area contributed by atoms with Gasteiger partial charge in [0.2, 0.25) is 0 Å². The topological polar surface area (TPSA) is 18.5 Å². The first-order valence-corrected chi connectivity index (χ1v) is 17.4. The van der Waals surface area contributed by atoms with Crippen LogP contribution in [0, 0.1) is 23.7 Å². The zero-order chi connectivity index (χ0) is 30.9. The summed E-state index contributed by atoms with van der Waals surface area (Å²) in [5, 5.41) is 0. The van der Waals surface area contributed by atoms with E-state index in [9.17, 15) is 0 Å². The summed E-state index contributed by atoms with van der Waals surface area (Å²) < 4.78 is 12.8. The Morgan fingerprint density at radius 2 is 0.750 bits per heavy atom. The van der Waals surface area contributed by atoms with Gasteiger partial charge in [0.25, 0.3) is 0 Å². The van der Waals surface area contributed by atoms with Crippen molar-refractivity contribution in [3.8, 4) is 35.2 Å². The minimum absolute atomic E-state index is 0.680. The van der Waals surface area contributed by atoms with Gasteiger partial charge in [-0.05, 0) is 37.1 Å². The molecule has 0 aromatic heterocycles. The van der Waals surface area contributed by atoms with Gasteiger partial charge >= 0.3 is 0 Å². The van der Waals surface area contributed by atoms with Gasteiger partial charge in [-0.1, -0.05) is 164 Å².